The molecule has 5 rings (SSSR count). The van der Waals surface area contributed by atoms with E-state index in [4.69, 9.17) is 9.47 Å². The Morgan fingerprint density at radius 1 is 0.929 bits per heavy atom. The maximum Gasteiger partial charge on any atom is 0.416 e. The molecule has 5 aromatic rings. The first kappa shape index (κ1) is 28.4. The van der Waals surface area contributed by atoms with Gasteiger partial charge in [-0.15, -0.1) is 5.10 Å². The van der Waals surface area contributed by atoms with Crippen molar-refractivity contribution in [2.75, 3.05) is 19.0 Å². The fourth-order valence-electron chi connectivity index (χ4n) is 4.21. The van der Waals surface area contributed by atoms with Gasteiger partial charge in [-0.3, -0.25) is 4.79 Å². The molecule has 0 bridgehead atoms. The number of anilines is 1. The lowest BCUT2D eigenvalue weighted by molar-refractivity contribution is -0.137. The van der Waals surface area contributed by atoms with E-state index in [0.29, 0.717) is 28.9 Å². The lowest BCUT2D eigenvalue weighted by Crippen LogP contribution is -2.12. The van der Waals surface area contributed by atoms with Crippen LogP contribution in [0, 0.1) is 6.92 Å². The van der Waals surface area contributed by atoms with Crippen molar-refractivity contribution >= 4 is 11.6 Å². The predicted molar refractivity (Wildman–Crippen MR) is 153 cm³/mol. The average Bonchev–Trinajstić information content (AvgIpc) is 3.42. The van der Waals surface area contributed by atoms with Crippen LogP contribution in [0.4, 0.5) is 18.9 Å². The molecular weight excluding hydrogens is 545 g/mol. The lowest BCUT2D eigenvalue weighted by Gasteiger charge is -2.10. The first-order valence-corrected chi connectivity index (χ1v) is 13.1. The van der Waals surface area contributed by atoms with E-state index in [1.165, 1.54) is 16.8 Å². The van der Waals surface area contributed by atoms with Crippen LogP contribution in [0.15, 0.2) is 97.1 Å². The minimum absolute atomic E-state index is 0.0625. The molecule has 0 aliphatic rings. The number of benzene rings is 4. The zero-order chi connectivity index (χ0) is 29.7. The van der Waals surface area contributed by atoms with E-state index in [1.54, 1.807) is 43.5 Å². The normalized spacial score (nSPS) is 11.3. The second-order valence-electron chi connectivity index (χ2n) is 9.52. The number of aryl methyl sites for hydroxylation is 1. The molecule has 214 valence electrons. The molecule has 0 radical (unpaired) electrons. The average molecular weight is 573 g/mol. The summed E-state index contributed by atoms with van der Waals surface area (Å²) < 4.78 is 52.1. The molecule has 1 N–H and O–H groups in total. The summed E-state index contributed by atoms with van der Waals surface area (Å²) in [5.74, 6) is 0.750. The largest absolute Gasteiger partial charge is 0.497 e. The number of hydrogen-bond donors (Lipinski definition) is 1. The van der Waals surface area contributed by atoms with E-state index >= 15 is 0 Å². The topological polar surface area (TPSA) is 78.3 Å². The van der Waals surface area contributed by atoms with E-state index in [9.17, 15) is 18.0 Å². The van der Waals surface area contributed by atoms with Crippen molar-refractivity contribution in [1.82, 2.24) is 14.8 Å². The fourth-order valence-corrected chi connectivity index (χ4v) is 4.21. The molecule has 0 aliphatic carbocycles. The number of carbonyl (C=O) groups excluding carboxylic acids is 1. The number of halogens is 3. The molecule has 0 fully saturated rings. The minimum atomic E-state index is -4.47. The highest BCUT2D eigenvalue weighted by atomic mass is 19.4. The molecule has 4 aromatic carbocycles. The van der Waals surface area contributed by atoms with Gasteiger partial charge in [-0.1, -0.05) is 48.0 Å². The molecular formula is C32H27F3N4O3. The van der Waals surface area contributed by atoms with Gasteiger partial charge in [0.05, 0.1) is 25.0 Å². The van der Waals surface area contributed by atoms with Crippen LogP contribution in [-0.4, -0.2) is 34.4 Å². The van der Waals surface area contributed by atoms with Crippen molar-refractivity contribution in [1.29, 1.82) is 0 Å². The smallest absolute Gasteiger partial charge is 0.416 e. The minimum Gasteiger partial charge on any atom is -0.497 e. The summed E-state index contributed by atoms with van der Waals surface area (Å²) in [6.07, 6.45) is -3.89. The number of carbonyl (C=O) groups is 1. The van der Waals surface area contributed by atoms with Crippen molar-refractivity contribution in [3.05, 3.63) is 119 Å². The van der Waals surface area contributed by atoms with E-state index in [0.717, 1.165) is 29.0 Å². The molecule has 1 heterocycles. The van der Waals surface area contributed by atoms with Crippen molar-refractivity contribution in [2.24, 2.45) is 0 Å². The summed E-state index contributed by atoms with van der Waals surface area (Å²) in [7, 11) is 1.60. The number of nitrogens with one attached hydrogen (secondary N) is 1. The third kappa shape index (κ3) is 6.77. The maximum atomic E-state index is 13.2. The Bertz CT molecular complexity index is 1660. The highest BCUT2D eigenvalue weighted by Gasteiger charge is 2.30. The van der Waals surface area contributed by atoms with Gasteiger partial charge in [0.25, 0.3) is 5.91 Å². The van der Waals surface area contributed by atoms with Gasteiger partial charge in [-0.05, 0) is 67.1 Å². The first-order valence-electron chi connectivity index (χ1n) is 13.1. The number of ether oxygens (including phenoxy) is 2. The van der Waals surface area contributed by atoms with E-state index < -0.39 is 11.7 Å². The highest BCUT2D eigenvalue weighted by molar-refractivity contribution is 6.04. The molecule has 0 saturated heterocycles. The van der Waals surface area contributed by atoms with Crippen LogP contribution >= 0.6 is 0 Å². The standard InChI is InChI=1S/C32H27F3N4O3/c1-21-6-10-24(11-7-21)30(40)36-26-4-3-5-27(20-26)39-29(23-12-14-25(15-13-23)32(33,34)35)37-31(38-39)42-19-18-22-8-16-28(41-2)17-9-22/h3-17,20H,18-19H2,1-2H3,(H,36,40). The molecule has 0 aliphatic heterocycles. The number of hydrogen-bond acceptors (Lipinski definition) is 5. The third-order valence-corrected chi connectivity index (χ3v) is 6.50. The van der Waals surface area contributed by atoms with Gasteiger partial charge in [0.15, 0.2) is 5.82 Å². The molecule has 1 amide bonds. The number of methoxy groups -OCH3 is 1. The van der Waals surface area contributed by atoms with E-state index in [2.05, 4.69) is 15.4 Å². The molecule has 10 heteroatoms. The molecule has 1 aromatic heterocycles. The second-order valence-corrected chi connectivity index (χ2v) is 9.52. The van der Waals surface area contributed by atoms with Crippen molar-refractivity contribution < 1.29 is 27.4 Å². The van der Waals surface area contributed by atoms with Crippen LogP contribution in [0.1, 0.15) is 27.0 Å². The SMILES string of the molecule is COc1ccc(CCOc2nc(-c3ccc(C(F)(F)F)cc3)n(-c3cccc(NC(=O)c4ccc(C)cc4)c3)n2)cc1. The Morgan fingerprint density at radius 3 is 2.31 bits per heavy atom. The second kappa shape index (κ2) is 12.2. The third-order valence-electron chi connectivity index (χ3n) is 6.50. The summed E-state index contributed by atoms with van der Waals surface area (Å²) in [4.78, 5) is 17.3. The van der Waals surface area contributed by atoms with Crippen molar-refractivity contribution in [3.63, 3.8) is 0 Å². The Balaban J connectivity index is 1.42. The zero-order valence-electron chi connectivity index (χ0n) is 22.9. The van der Waals surface area contributed by atoms with Gasteiger partial charge in [0.1, 0.15) is 5.75 Å². The Morgan fingerprint density at radius 2 is 1.64 bits per heavy atom. The Hall–Kier alpha value is -5.12. The number of rotatable bonds is 9. The van der Waals surface area contributed by atoms with Gasteiger partial charge >= 0.3 is 12.2 Å². The van der Waals surface area contributed by atoms with Crippen LogP contribution in [0.5, 0.6) is 11.8 Å². The highest BCUT2D eigenvalue weighted by Crippen LogP contribution is 2.32. The number of amides is 1. The molecule has 42 heavy (non-hydrogen) atoms. The van der Waals surface area contributed by atoms with Crippen LogP contribution in [0.2, 0.25) is 0 Å². The quantitative estimate of drug-likeness (QED) is 0.203. The lowest BCUT2D eigenvalue weighted by atomic mass is 10.1. The van der Waals surface area contributed by atoms with E-state index in [-0.39, 0.29) is 24.3 Å². The summed E-state index contributed by atoms with van der Waals surface area (Å²) in [5, 5.41) is 7.38. The Labute approximate surface area is 240 Å². The van der Waals surface area contributed by atoms with Crippen LogP contribution in [-0.2, 0) is 12.6 Å². The first-order chi connectivity index (χ1) is 20.2. The van der Waals surface area contributed by atoms with Gasteiger partial charge in [-0.25, -0.2) is 4.68 Å². The molecule has 7 nitrogen and oxygen atoms in total. The molecule has 0 saturated carbocycles. The zero-order valence-corrected chi connectivity index (χ0v) is 22.9. The van der Waals surface area contributed by atoms with Crippen molar-refractivity contribution in [2.45, 2.75) is 19.5 Å². The van der Waals surface area contributed by atoms with Crippen LogP contribution in [0.25, 0.3) is 17.1 Å². The van der Waals surface area contributed by atoms with Gasteiger partial charge in [0, 0.05) is 23.2 Å². The van der Waals surface area contributed by atoms with Crippen molar-refractivity contribution in [3.8, 4) is 28.8 Å². The van der Waals surface area contributed by atoms with Crippen LogP contribution in [0.3, 0.4) is 0 Å². The predicted octanol–water partition coefficient (Wildman–Crippen LogP) is 7.14. The number of nitrogens with zero attached hydrogens (tertiary/aromatic N) is 3. The summed E-state index contributed by atoms with van der Waals surface area (Å²) in [6.45, 7) is 2.21. The number of alkyl halides is 3. The summed E-state index contributed by atoms with van der Waals surface area (Å²) in [6, 6.07) is 26.4. The molecule has 0 atom stereocenters. The number of aromatic nitrogens is 3. The Kier molecular flexibility index (Phi) is 8.24. The van der Waals surface area contributed by atoms with Gasteiger partial charge in [0.2, 0.25) is 0 Å². The summed E-state index contributed by atoms with van der Waals surface area (Å²) >= 11 is 0. The van der Waals surface area contributed by atoms with Gasteiger partial charge < -0.3 is 14.8 Å². The maximum absolute atomic E-state index is 13.2. The fraction of sp³-hybridized carbons (Fsp3) is 0.156. The molecule has 0 spiro atoms. The summed E-state index contributed by atoms with van der Waals surface area (Å²) in [5.41, 5.74) is 3.25. The van der Waals surface area contributed by atoms with Gasteiger partial charge in [-0.2, -0.15) is 18.2 Å². The van der Waals surface area contributed by atoms with Crippen LogP contribution < -0.4 is 14.8 Å². The van der Waals surface area contributed by atoms with E-state index in [1.807, 2.05) is 43.3 Å². The molecule has 0 unspecified atom stereocenters. The monoisotopic (exact) mass is 572 g/mol.